The number of hydrogen-bond acceptors (Lipinski definition) is 5. The first-order valence-corrected chi connectivity index (χ1v) is 6.77. The molecule has 1 fully saturated rings. The lowest BCUT2D eigenvalue weighted by atomic mass is 9.94. The standard InChI is InChI=1S/C13H26N2O4/c1-18-8-3-6-15(7-9-19-2)10-13(14,12(16)17)11-4-5-11/h11H,3-10,14H2,1-2H3,(H,16,17). The summed E-state index contributed by atoms with van der Waals surface area (Å²) in [6.45, 7) is 3.08. The number of methoxy groups -OCH3 is 2. The molecule has 1 aliphatic rings. The lowest BCUT2D eigenvalue weighted by Crippen LogP contribution is -2.58. The van der Waals surface area contributed by atoms with Gasteiger partial charge in [-0.2, -0.15) is 0 Å². The Labute approximate surface area is 114 Å². The maximum Gasteiger partial charge on any atom is 0.325 e. The van der Waals surface area contributed by atoms with E-state index in [0.29, 0.717) is 26.3 Å². The van der Waals surface area contributed by atoms with E-state index in [0.717, 1.165) is 25.8 Å². The zero-order valence-corrected chi connectivity index (χ0v) is 11.9. The number of carbonyl (C=O) groups is 1. The molecule has 0 amide bonds. The maximum atomic E-state index is 11.4. The first-order valence-electron chi connectivity index (χ1n) is 6.77. The lowest BCUT2D eigenvalue weighted by molar-refractivity contribution is -0.145. The average Bonchev–Trinajstić information content (AvgIpc) is 3.20. The number of nitrogens with two attached hydrogens (primary N) is 1. The molecule has 19 heavy (non-hydrogen) atoms. The molecule has 1 unspecified atom stereocenters. The van der Waals surface area contributed by atoms with Crippen LogP contribution in [0, 0.1) is 5.92 Å². The first kappa shape index (κ1) is 16.4. The number of carboxylic acid groups (broad SMARTS) is 1. The van der Waals surface area contributed by atoms with Crippen molar-refractivity contribution in [3.8, 4) is 0 Å². The molecule has 1 rings (SSSR count). The molecule has 0 bridgehead atoms. The van der Waals surface area contributed by atoms with Crippen LogP contribution in [0.2, 0.25) is 0 Å². The van der Waals surface area contributed by atoms with Crippen LogP contribution in [0.1, 0.15) is 19.3 Å². The molecule has 0 saturated heterocycles. The highest BCUT2D eigenvalue weighted by Gasteiger charge is 2.49. The van der Waals surface area contributed by atoms with Gasteiger partial charge in [0.2, 0.25) is 0 Å². The average molecular weight is 274 g/mol. The van der Waals surface area contributed by atoms with Crippen molar-refractivity contribution in [1.29, 1.82) is 0 Å². The van der Waals surface area contributed by atoms with Crippen LogP contribution in [-0.2, 0) is 14.3 Å². The van der Waals surface area contributed by atoms with Gasteiger partial charge in [-0.15, -0.1) is 0 Å². The molecule has 1 atom stereocenters. The van der Waals surface area contributed by atoms with Gasteiger partial charge in [-0.1, -0.05) is 0 Å². The second-order valence-electron chi connectivity index (χ2n) is 5.24. The van der Waals surface area contributed by atoms with E-state index < -0.39 is 11.5 Å². The van der Waals surface area contributed by atoms with E-state index in [-0.39, 0.29) is 5.92 Å². The van der Waals surface area contributed by atoms with E-state index in [2.05, 4.69) is 4.90 Å². The second-order valence-corrected chi connectivity index (χ2v) is 5.24. The van der Waals surface area contributed by atoms with E-state index >= 15 is 0 Å². The summed E-state index contributed by atoms with van der Waals surface area (Å²) in [5.41, 5.74) is 4.99. The van der Waals surface area contributed by atoms with Gasteiger partial charge in [0.25, 0.3) is 0 Å². The SMILES string of the molecule is COCCCN(CCOC)CC(N)(C(=O)O)C1CC1. The predicted molar refractivity (Wildman–Crippen MR) is 72.1 cm³/mol. The van der Waals surface area contributed by atoms with Gasteiger partial charge < -0.3 is 20.3 Å². The van der Waals surface area contributed by atoms with Gasteiger partial charge in [-0.25, -0.2) is 0 Å². The largest absolute Gasteiger partial charge is 0.480 e. The van der Waals surface area contributed by atoms with Crippen LogP contribution >= 0.6 is 0 Å². The van der Waals surface area contributed by atoms with Gasteiger partial charge in [0.1, 0.15) is 5.54 Å². The third kappa shape index (κ3) is 5.06. The summed E-state index contributed by atoms with van der Waals surface area (Å²) in [5.74, 6) is -0.790. The Kier molecular flexibility index (Phi) is 6.71. The van der Waals surface area contributed by atoms with Crippen LogP contribution in [0.4, 0.5) is 0 Å². The highest BCUT2D eigenvalue weighted by Crippen LogP contribution is 2.38. The quantitative estimate of drug-likeness (QED) is 0.522. The van der Waals surface area contributed by atoms with Crippen LogP contribution < -0.4 is 5.73 Å². The van der Waals surface area contributed by atoms with E-state index in [9.17, 15) is 9.90 Å². The Morgan fingerprint density at radius 3 is 2.42 bits per heavy atom. The number of carboxylic acids is 1. The van der Waals surface area contributed by atoms with Crippen LogP contribution in [-0.4, -0.2) is 68.6 Å². The molecule has 1 saturated carbocycles. The summed E-state index contributed by atoms with van der Waals surface area (Å²) < 4.78 is 10.1. The minimum absolute atomic E-state index is 0.109. The van der Waals surface area contributed by atoms with Crippen LogP contribution in [0.25, 0.3) is 0 Å². The fourth-order valence-electron chi connectivity index (χ4n) is 2.26. The van der Waals surface area contributed by atoms with Crippen molar-refractivity contribution in [3.63, 3.8) is 0 Å². The Hall–Kier alpha value is -0.690. The molecular weight excluding hydrogens is 248 g/mol. The topological polar surface area (TPSA) is 85.0 Å². The summed E-state index contributed by atoms with van der Waals surface area (Å²) in [7, 11) is 3.30. The molecule has 0 aromatic rings. The minimum Gasteiger partial charge on any atom is -0.480 e. The highest BCUT2D eigenvalue weighted by molar-refractivity contribution is 5.79. The summed E-state index contributed by atoms with van der Waals surface area (Å²) in [4.78, 5) is 13.5. The Morgan fingerprint density at radius 1 is 1.32 bits per heavy atom. The fraction of sp³-hybridized carbons (Fsp3) is 0.923. The number of nitrogens with zero attached hydrogens (tertiary/aromatic N) is 1. The van der Waals surface area contributed by atoms with Crippen LogP contribution in [0.15, 0.2) is 0 Å². The fourth-order valence-corrected chi connectivity index (χ4v) is 2.26. The number of ether oxygens (including phenoxy) is 2. The van der Waals surface area contributed by atoms with E-state index in [1.807, 2.05) is 0 Å². The third-order valence-electron chi connectivity index (χ3n) is 3.62. The normalized spacial score (nSPS) is 18.5. The Balaban J connectivity index is 2.54. The van der Waals surface area contributed by atoms with E-state index in [1.165, 1.54) is 0 Å². The van der Waals surface area contributed by atoms with Crippen molar-refractivity contribution in [3.05, 3.63) is 0 Å². The summed E-state index contributed by atoms with van der Waals surface area (Å²) in [6, 6.07) is 0. The Bertz CT molecular complexity index is 284. The van der Waals surface area contributed by atoms with Crippen LogP contribution in [0.3, 0.4) is 0 Å². The molecule has 0 spiro atoms. The smallest absolute Gasteiger partial charge is 0.325 e. The predicted octanol–water partition coefficient (Wildman–Crippen LogP) is 0.163. The van der Waals surface area contributed by atoms with Gasteiger partial charge in [-0.3, -0.25) is 9.69 Å². The maximum absolute atomic E-state index is 11.4. The van der Waals surface area contributed by atoms with Gasteiger partial charge >= 0.3 is 5.97 Å². The van der Waals surface area contributed by atoms with Gasteiger partial charge in [0, 0.05) is 40.5 Å². The van der Waals surface area contributed by atoms with Gasteiger partial charge in [0.15, 0.2) is 0 Å². The highest BCUT2D eigenvalue weighted by atomic mass is 16.5. The second kappa shape index (κ2) is 7.79. The van der Waals surface area contributed by atoms with Crippen molar-refractivity contribution in [2.45, 2.75) is 24.8 Å². The van der Waals surface area contributed by atoms with Crippen molar-refractivity contribution in [1.82, 2.24) is 4.90 Å². The number of hydrogen-bond donors (Lipinski definition) is 2. The molecule has 6 nitrogen and oxygen atoms in total. The molecule has 0 aromatic carbocycles. The minimum atomic E-state index is -1.12. The summed E-state index contributed by atoms with van der Waals surface area (Å²) >= 11 is 0. The first-order chi connectivity index (χ1) is 9.04. The molecule has 3 N–H and O–H groups in total. The zero-order valence-electron chi connectivity index (χ0n) is 11.9. The molecule has 6 heteroatoms. The monoisotopic (exact) mass is 274 g/mol. The Morgan fingerprint density at radius 2 is 1.95 bits per heavy atom. The number of rotatable bonds is 11. The van der Waals surface area contributed by atoms with Crippen LogP contribution in [0.5, 0.6) is 0 Å². The lowest BCUT2D eigenvalue weighted by Gasteiger charge is -2.32. The molecule has 0 aromatic heterocycles. The summed E-state index contributed by atoms with van der Waals surface area (Å²) in [5, 5.41) is 9.38. The molecule has 0 heterocycles. The van der Waals surface area contributed by atoms with E-state index in [1.54, 1.807) is 14.2 Å². The molecule has 1 aliphatic carbocycles. The molecule has 112 valence electrons. The van der Waals surface area contributed by atoms with Crippen molar-refractivity contribution in [2.24, 2.45) is 11.7 Å². The molecule has 0 radical (unpaired) electrons. The third-order valence-corrected chi connectivity index (χ3v) is 3.62. The van der Waals surface area contributed by atoms with E-state index in [4.69, 9.17) is 15.2 Å². The van der Waals surface area contributed by atoms with Crippen molar-refractivity contribution < 1.29 is 19.4 Å². The zero-order chi connectivity index (χ0) is 14.3. The van der Waals surface area contributed by atoms with Gasteiger partial charge in [0.05, 0.1) is 6.61 Å². The van der Waals surface area contributed by atoms with Gasteiger partial charge in [-0.05, 0) is 25.2 Å². The number of aliphatic carboxylic acids is 1. The molecular formula is C13H26N2O4. The summed E-state index contributed by atoms with van der Waals surface area (Å²) in [6.07, 6.45) is 2.69. The molecule has 0 aliphatic heterocycles. The van der Waals surface area contributed by atoms with Crippen molar-refractivity contribution >= 4 is 5.97 Å². The van der Waals surface area contributed by atoms with Crippen molar-refractivity contribution in [2.75, 3.05) is 47.1 Å².